The fourth-order valence-electron chi connectivity index (χ4n) is 1.78. The lowest BCUT2D eigenvalue weighted by molar-refractivity contribution is 0.00631. The molecule has 0 saturated carbocycles. The summed E-state index contributed by atoms with van der Waals surface area (Å²) >= 11 is 0. The van der Waals surface area contributed by atoms with Crippen LogP contribution < -0.4 is 16.4 Å². The first kappa shape index (κ1) is 21.7. The number of anilines is 1. The number of nitrogens with one attached hydrogen (secondary N) is 2. The summed E-state index contributed by atoms with van der Waals surface area (Å²) in [6.07, 6.45) is -0.480. The smallest absolute Gasteiger partial charge is 0.406 e. The van der Waals surface area contributed by atoms with Gasteiger partial charge in [-0.25, -0.2) is 4.79 Å². The fourth-order valence-corrected chi connectivity index (χ4v) is 1.78. The number of carbonyl (C=O) groups excluding carboxylic acids is 2. The minimum atomic E-state index is -0.480. The lowest BCUT2D eigenvalue weighted by Crippen LogP contribution is -2.27. The molecule has 1 aromatic carbocycles. The van der Waals surface area contributed by atoms with Gasteiger partial charge in [0.05, 0.1) is 39.6 Å². The zero-order chi connectivity index (χ0) is 19.0. The molecule has 4 N–H and O–H groups in total. The molecule has 0 aliphatic carbocycles. The second-order valence-electron chi connectivity index (χ2n) is 5.10. The van der Waals surface area contributed by atoms with Crippen LogP contribution in [0.3, 0.4) is 0 Å². The summed E-state index contributed by atoms with van der Waals surface area (Å²) in [7, 11) is 1.49. The van der Waals surface area contributed by atoms with E-state index in [9.17, 15) is 9.59 Å². The molecule has 146 valence electrons. The van der Waals surface area contributed by atoms with Crippen molar-refractivity contribution in [1.82, 2.24) is 10.6 Å². The van der Waals surface area contributed by atoms with Crippen molar-refractivity contribution in [1.29, 1.82) is 0 Å². The molecule has 26 heavy (non-hydrogen) atoms. The van der Waals surface area contributed by atoms with Gasteiger partial charge in [-0.3, -0.25) is 4.79 Å². The van der Waals surface area contributed by atoms with Crippen LogP contribution in [0.25, 0.3) is 0 Å². The van der Waals surface area contributed by atoms with Gasteiger partial charge in [0.25, 0.3) is 5.91 Å². The van der Waals surface area contributed by atoms with Crippen LogP contribution in [0.2, 0.25) is 0 Å². The molecule has 9 nitrogen and oxygen atoms in total. The molecule has 0 radical (unpaired) electrons. The van der Waals surface area contributed by atoms with Crippen LogP contribution in [0.1, 0.15) is 10.4 Å². The molecule has 0 bridgehead atoms. The highest BCUT2D eigenvalue weighted by molar-refractivity contribution is 5.94. The van der Waals surface area contributed by atoms with Gasteiger partial charge in [-0.1, -0.05) is 0 Å². The van der Waals surface area contributed by atoms with Crippen molar-refractivity contribution in [3.63, 3.8) is 0 Å². The van der Waals surface area contributed by atoms with E-state index in [1.165, 1.54) is 7.05 Å². The number of benzene rings is 1. The van der Waals surface area contributed by atoms with Crippen molar-refractivity contribution in [3.05, 3.63) is 29.8 Å². The summed E-state index contributed by atoms with van der Waals surface area (Å²) in [5, 5.41) is 5.09. The van der Waals surface area contributed by atoms with Crippen LogP contribution in [0.4, 0.5) is 10.5 Å². The Morgan fingerprint density at radius 2 is 1.42 bits per heavy atom. The Balaban J connectivity index is 1.85. The van der Waals surface area contributed by atoms with Gasteiger partial charge in [-0.05, 0) is 24.3 Å². The Morgan fingerprint density at radius 3 is 2.00 bits per heavy atom. The monoisotopic (exact) mass is 369 g/mol. The molecule has 0 atom stereocenters. The van der Waals surface area contributed by atoms with Crippen LogP contribution in [-0.2, 0) is 18.9 Å². The van der Waals surface area contributed by atoms with Gasteiger partial charge in [0, 0.05) is 24.8 Å². The first-order valence-electron chi connectivity index (χ1n) is 8.35. The zero-order valence-electron chi connectivity index (χ0n) is 15.0. The van der Waals surface area contributed by atoms with E-state index in [0.717, 1.165) is 0 Å². The maximum absolute atomic E-state index is 11.8. The summed E-state index contributed by atoms with van der Waals surface area (Å²) in [5.41, 5.74) is 6.75. The zero-order valence-corrected chi connectivity index (χ0v) is 15.0. The number of ether oxygens (including phenoxy) is 4. The third kappa shape index (κ3) is 10.5. The van der Waals surface area contributed by atoms with Gasteiger partial charge >= 0.3 is 6.09 Å². The Bertz CT molecular complexity index is 524. The average molecular weight is 369 g/mol. The average Bonchev–Trinajstić information content (AvgIpc) is 2.65. The number of alkyl carbamates (subject to hydrolysis) is 1. The highest BCUT2D eigenvalue weighted by Crippen LogP contribution is 2.04. The Morgan fingerprint density at radius 1 is 0.885 bits per heavy atom. The number of carbonyl (C=O) groups is 2. The summed E-state index contributed by atoms with van der Waals surface area (Å²) in [6, 6.07) is 6.71. The SMILES string of the molecule is CNC(=O)OCCOCCOCCOCCNC(=O)c1ccc(N)cc1. The summed E-state index contributed by atoms with van der Waals surface area (Å²) in [5.74, 6) is -0.164. The molecular weight excluding hydrogens is 342 g/mol. The largest absolute Gasteiger partial charge is 0.447 e. The summed E-state index contributed by atoms with van der Waals surface area (Å²) in [6.45, 7) is 3.04. The van der Waals surface area contributed by atoms with Gasteiger partial charge in [-0.15, -0.1) is 0 Å². The van der Waals surface area contributed by atoms with Crippen molar-refractivity contribution >= 4 is 17.7 Å². The summed E-state index contributed by atoms with van der Waals surface area (Å²) < 4.78 is 20.7. The minimum Gasteiger partial charge on any atom is -0.447 e. The number of nitrogens with two attached hydrogens (primary N) is 1. The Labute approximate surface area is 153 Å². The predicted octanol–water partition coefficient (Wildman–Crippen LogP) is 0.404. The van der Waals surface area contributed by atoms with Gasteiger partial charge in [-0.2, -0.15) is 0 Å². The van der Waals surface area contributed by atoms with E-state index in [1.807, 2.05) is 0 Å². The third-order valence-electron chi connectivity index (χ3n) is 3.11. The highest BCUT2D eigenvalue weighted by atomic mass is 16.6. The second kappa shape index (κ2) is 13.9. The molecule has 9 heteroatoms. The Kier molecular flexibility index (Phi) is 11.6. The lowest BCUT2D eigenvalue weighted by atomic mass is 10.2. The number of amides is 2. The number of rotatable bonds is 13. The normalized spacial score (nSPS) is 10.3. The molecule has 0 heterocycles. The van der Waals surface area contributed by atoms with Crippen molar-refractivity contribution in [2.75, 3.05) is 65.6 Å². The van der Waals surface area contributed by atoms with Crippen LogP contribution in [-0.4, -0.2) is 71.8 Å². The molecule has 0 fully saturated rings. The van der Waals surface area contributed by atoms with E-state index in [4.69, 9.17) is 24.7 Å². The fraction of sp³-hybridized carbons (Fsp3) is 0.529. The number of hydrogen-bond acceptors (Lipinski definition) is 7. The van der Waals surface area contributed by atoms with E-state index < -0.39 is 6.09 Å². The number of nitrogen functional groups attached to an aromatic ring is 1. The molecule has 0 aliphatic heterocycles. The maximum Gasteiger partial charge on any atom is 0.406 e. The first-order valence-corrected chi connectivity index (χ1v) is 8.35. The van der Waals surface area contributed by atoms with E-state index in [-0.39, 0.29) is 12.5 Å². The maximum atomic E-state index is 11.8. The lowest BCUT2D eigenvalue weighted by Gasteiger charge is -2.08. The van der Waals surface area contributed by atoms with Gasteiger partial charge in [0.2, 0.25) is 0 Å². The van der Waals surface area contributed by atoms with Gasteiger partial charge in [0.15, 0.2) is 0 Å². The standard InChI is InChI=1S/C17H27N3O6/c1-19-17(22)26-13-12-25-11-10-24-9-8-23-7-6-20-16(21)14-2-4-15(18)5-3-14/h2-5H,6-13,18H2,1H3,(H,19,22)(H,20,21). The minimum absolute atomic E-state index is 0.164. The van der Waals surface area contributed by atoms with Crippen LogP contribution in [0, 0.1) is 0 Å². The molecule has 1 aromatic rings. The van der Waals surface area contributed by atoms with Crippen LogP contribution >= 0.6 is 0 Å². The van der Waals surface area contributed by atoms with Crippen LogP contribution in [0.15, 0.2) is 24.3 Å². The summed E-state index contributed by atoms with van der Waals surface area (Å²) in [4.78, 5) is 22.6. The van der Waals surface area contributed by atoms with E-state index in [0.29, 0.717) is 57.4 Å². The van der Waals surface area contributed by atoms with E-state index in [2.05, 4.69) is 10.6 Å². The van der Waals surface area contributed by atoms with Crippen molar-refractivity contribution in [3.8, 4) is 0 Å². The predicted molar refractivity (Wildman–Crippen MR) is 96.1 cm³/mol. The third-order valence-corrected chi connectivity index (χ3v) is 3.11. The van der Waals surface area contributed by atoms with E-state index in [1.54, 1.807) is 24.3 Å². The molecule has 0 aromatic heterocycles. The second-order valence-corrected chi connectivity index (χ2v) is 5.10. The van der Waals surface area contributed by atoms with Gasteiger partial charge < -0.3 is 35.3 Å². The molecule has 0 saturated heterocycles. The highest BCUT2D eigenvalue weighted by Gasteiger charge is 2.03. The molecule has 1 rings (SSSR count). The first-order chi connectivity index (χ1) is 12.6. The molecule has 0 aliphatic rings. The quantitative estimate of drug-likeness (QED) is 0.340. The van der Waals surface area contributed by atoms with Crippen molar-refractivity contribution in [2.45, 2.75) is 0 Å². The molecule has 0 spiro atoms. The molecular formula is C17H27N3O6. The molecule has 0 unspecified atom stereocenters. The molecule has 2 amide bonds. The number of hydrogen-bond donors (Lipinski definition) is 3. The van der Waals surface area contributed by atoms with Crippen molar-refractivity contribution in [2.24, 2.45) is 0 Å². The topological polar surface area (TPSA) is 121 Å². The Hall–Kier alpha value is -2.36. The van der Waals surface area contributed by atoms with Crippen molar-refractivity contribution < 1.29 is 28.5 Å². The van der Waals surface area contributed by atoms with Crippen LogP contribution in [0.5, 0.6) is 0 Å². The van der Waals surface area contributed by atoms with Gasteiger partial charge in [0.1, 0.15) is 6.61 Å². The van der Waals surface area contributed by atoms with E-state index >= 15 is 0 Å².